The first-order chi connectivity index (χ1) is 24.5. The van der Waals surface area contributed by atoms with Gasteiger partial charge in [0.05, 0.1) is 49.4 Å². The number of nitrogens with zero attached hydrogens (tertiary/aromatic N) is 2. The highest BCUT2D eigenvalue weighted by Gasteiger charge is 2.53. The Hall–Kier alpha value is -4.05. The fraction of sp³-hybridized carbons (Fsp3) is 0.528. The van der Waals surface area contributed by atoms with Gasteiger partial charge < -0.3 is 34.5 Å². The molecule has 0 aromatic heterocycles. The van der Waals surface area contributed by atoms with E-state index in [2.05, 4.69) is 5.32 Å². The van der Waals surface area contributed by atoms with E-state index < -0.39 is 58.0 Å². The molecule has 53 heavy (non-hydrogen) atoms. The highest BCUT2D eigenvalue weighted by atomic mass is 35.5. The number of hydrogen-bond donors (Lipinski definition) is 2. The van der Waals surface area contributed by atoms with Crippen molar-refractivity contribution in [3.8, 4) is 0 Å². The molecule has 4 rings (SSSR count). The minimum absolute atomic E-state index is 0.0330. The maximum atomic E-state index is 13.6. The molecule has 0 unspecified atom stereocenters. The molecule has 2 heterocycles. The first kappa shape index (κ1) is 45.1. The Kier molecular flexibility index (Phi) is 16.0. The van der Waals surface area contributed by atoms with Crippen LogP contribution in [0.4, 0.5) is 18.4 Å². The lowest BCUT2D eigenvalue weighted by atomic mass is 9.89. The summed E-state index contributed by atoms with van der Waals surface area (Å²) in [5.41, 5.74) is 3.44. The number of amides is 2. The molecule has 2 amide bonds. The summed E-state index contributed by atoms with van der Waals surface area (Å²) in [7, 11) is 0. The topological polar surface area (TPSA) is 167 Å². The number of aldehydes is 1. The quantitative estimate of drug-likeness (QED) is 0.186. The summed E-state index contributed by atoms with van der Waals surface area (Å²) in [6, 6.07) is 8.33. The van der Waals surface area contributed by atoms with Crippen LogP contribution in [0.3, 0.4) is 0 Å². The fourth-order valence-corrected chi connectivity index (χ4v) is 4.88. The summed E-state index contributed by atoms with van der Waals surface area (Å²) in [4.78, 5) is 60.5. The van der Waals surface area contributed by atoms with Crippen LogP contribution < -0.4 is 11.1 Å². The van der Waals surface area contributed by atoms with Crippen LogP contribution in [0.2, 0.25) is 10.0 Å². The number of carbonyl (C=O) groups excluding carboxylic acids is 5. The highest BCUT2D eigenvalue weighted by molar-refractivity contribution is 6.31. The Morgan fingerprint density at radius 1 is 0.792 bits per heavy atom. The third-order valence-corrected chi connectivity index (χ3v) is 7.83. The summed E-state index contributed by atoms with van der Waals surface area (Å²) in [5.74, 6) is -2.01. The molecule has 0 aliphatic carbocycles. The van der Waals surface area contributed by atoms with E-state index in [4.69, 9.17) is 47.9 Å². The van der Waals surface area contributed by atoms with Crippen LogP contribution in [-0.2, 0) is 35.1 Å². The third kappa shape index (κ3) is 13.7. The van der Waals surface area contributed by atoms with Gasteiger partial charge in [0.25, 0.3) is 0 Å². The van der Waals surface area contributed by atoms with E-state index in [1.165, 1.54) is 34.1 Å². The fourth-order valence-electron chi connectivity index (χ4n) is 4.64. The summed E-state index contributed by atoms with van der Waals surface area (Å²) in [6.07, 6.45) is -0.376. The molecule has 3 N–H and O–H groups in total. The standard InChI is InChI=1S/C18H24ClFN2O4.C11H20N2O4.C7H4ClFO/c1-5-25-15(23)18(10-22(11-18)16(24)26-17(2,3)4)21-9-12-6-7-13(19)14(20)8-12;1-5-16-8(14)11(12)6-13(7-11)9(15)17-10(2,3)4;8-6-2-1-5(4-10)3-7(6)9/h6-8,21H,5,9-11H2,1-4H3;5-7,12H2,1-4H3;1-4H. The van der Waals surface area contributed by atoms with Crippen molar-refractivity contribution in [2.24, 2.45) is 5.73 Å². The molecule has 13 nitrogen and oxygen atoms in total. The summed E-state index contributed by atoms with van der Waals surface area (Å²) >= 11 is 11.0. The van der Waals surface area contributed by atoms with Crippen molar-refractivity contribution >= 4 is 53.6 Å². The third-order valence-electron chi connectivity index (χ3n) is 7.21. The molecule has 2 aromatic rings. The largest absolute Gasteiger partial charge is 0.465 e. The molecule has 0 bridgehead atoms. The monoisotopic (exact) mass is 788 g/mol. The number of likely N-dealkylation sites (tertiary alicyclic amines) is 2. The Bertz CT molecular complexity index is 1620. The zero-order chi connectivity index (χ0) is 40.4. The zero-order valence-corrected chi connectivity index (χ0v) is 32.7. The molecule has 2 aliphatic heterocycles. The van der Waals surface area contributed by atoms with Crippen LogP contribution >= 0.6 is 23.2 Å². The van der Waals surface area contributed by atoms with Gasteiger partial charge >= 0.3 is 24.1 Å². The summed E-state index contributed by atoms with van der Waals surface area (Å²) < 4.78 is 46.5. The first-order valence-electron chi connectivity index (χ1n) is 16.7. The Morgan fingerprint density at radius 2 is 1.25 bits per heavy atom. The van der Waals surface area contributed by atoms with Crippen molar-refractivity contribution in [2.45, 2.75) is 84.2 Å². The van der Waals surface area contributed by atoms with Crippen molar-refractivity contribution < 1.29 is 51.7 Å². The van der Waals surface area contributed by atoms with E-state index in [9.17, 15) is 32.8 Å². The number of nitrogens with one attached hydrogen (secondary N) is 1. The van der Waals surface area contributed by atoms with Crippen LogP contribution in [0.5, 0.6) is 0 Å². The zero-order valence-electron chi connectivity index (χ0n) is 31.1. The second-order valence-corrected chi connectivity index (χ2v) is 15.1. The van der Waals surface area contributed by atoms with Crippen molar-refractivity contribution in [3.05, 3.63) is 69.2 Å². The predicted molar refractivity (Wildman–Crippen MR) is 194 cm³/mol. The molecule has 294 valence electrons. The Morgan fingerprint density at radius 3 is 1.68 bits per heavy atom. The average Bonchev–Trinajstić information content (AvgIpc) is 3.01. The molecule has 0 saturated carbocycles. The van der Waals surface area contributed by atoms with Crippen LogP contribution in [0.25, 0.3) is 0 Å². The van der Waals surface area contributed by atoms with Gasteiger partial charge in [0, 0.05) is 12.1 Å². The van der Waals surface area contributed by atoms with Gasteiger partial charge in [0.1, 0.15) is 29.1 Å². The van der Waals surface area contributed by atoms with Crippen molar-refractivity contribution in [1.29, 1.82) is 0 Å². The Labute approximate surface area is 318 Å². The molecule has 0 radical (unpaired) electrons. The van der Waals surface area contributed by atoms with Crippen LogP contribution in [0.1, 0.15) is 71.3 Å². The first-order valence-corrected chi connectivity index (χ1v) is 17.4. The molecule has 17 heteroatoms. The van der Waals surface area contributed by atoms with E-state index in [0.717, 1.165) is 6.07 Å². The number of ether oxygens (including phenoxy) is 4. The summed E-state index contributed by atoms with van der Waals surface area (Å²) in [5, 5.41) is 3.16. The number of nitrogens with two attached hydrogens (primary N) is 1. The highest BCUT2D eigenvalue weighted by Crippen LogP contribution is 2.27. The van der Waals surface area contributed by atoms with Crippen LogP contribution in [-0.4, -0.2) is 102 Å². The number of carbonyl (C=O) groups is 5. The molecular formula is C36H48Cl2F2N4O9. The van der Waals surface area contributed by atoms with Crippen molar-refractivity contribution in [1.82, 2.24) is 15.1 Å². The van der Waals surface area contributed by atoms with Crippen LogP contribution in [0.15, 0.2) is 36.4 Å². The van der Waals surface area contributed by atoms with E-state index in [-0.39, 0.29) is 56.0 Å². The van der Waals surface area contributed by atoms with Crippen LogP contribution in [0, 0.1) is 11.6 Å². The normalized spacial score (nSPS) is 15.5. The SMILES string of the molecule is CCOC(=O)C1(N)CN(C(=O)OC(C)(C)C)C1.CCOC(=O)C1(NCc2ccc(Cl)c(F)c2)CN(C(=O)OC(C)(C)C)C1.O=Cc1ccc(Cl)c(F)c1. The predicted octanol–water partition coefficient (Wildman–Crippen LogP) is 5.91. The van der Waals surface area contributed by atoms with E-state index in [0.29, 0.717) is 17.4 Å². The molecule has 2 aliphatic rings. The van der Waals surface area contributed by atoms with E-state index >= 15 is 0 Å². The number of hydrogen-bond acceptors (Lipinski definition) is 11. The minimum Gasteiger partial charge on any atom is -0.465 e. The smallest absolute Gasteiger partial charge is 0.410 e. The van der Waals surface area contributed by atoms with Gasteiger partial charge in [-0.3, -0.25) is 10.1 Å². The average molecular weight is 790 g/mol. The number of rotatable bonds is 8. The van der Waals surface area contributed by atoms with Gasteiger partial charge in [-0.2, -0.15) is 0 Å². The second kappa shape index (κ2) is 18.8. The number of esters is 2. The molecule has 0 spiro atoms. The maximum Gasteiger partial charge on any atom is 0.410 e. The lowest BCUT2D eigenvalue weighted by Crippen LogP contribution is -2.74. The Balaban J connectivity index is 0.000000307. The lowest BCUT2D eigenvalue weighted by Gasteiger charge is -2.48. The molecule has 2 saturated heterocycles. The summed E-state index contributed by atoms with van der Waals surface area (Å²) in [6.45, 7) is 15.4. The minimum atomic E-state index is -1.08. The van der Waals surface area contributed by atoms with Gasteiger partial charge in [0.15, 0.2) is 11.1 Å². The molecular weight excluding hydrogens is 741 g/mol. The second-order valence-electron chi connectivity index (χ2n) is 14.2. The van der Waals surface area contributed by atoms with Gasteiger partial charge in [0.2, 0.25) is 0 Å². The van der Waals surface area contributed by atoms with Gasteiger partial charge in [-0.1, -0.05) is 35.3 Å². The molecule has 0 atom stereocenters. The van der Waals surface area contributed by atoms with Gasteiger partial charge in [-0.05, 0) is 85.2 Å². The number of benzene rings is 2. The van der Waals surface area contributed by atoms with Crippen molar-refractivity contribution in [2.75, 3.05) is 39.4 Å². The molecule has 2 fully saturated rings. The number of halogens is 4. The van der Waals surface area contributed by atoms with Crippen molar-refractivity contribution in [3.63, 3.8) is 0 Å². The van der Waals surface area contributed by atoms with E-state index in [1.54, 1.807) is 61.5 Å². The van der Waals surface area contributed by atoms with Gasteiger partial charge in [-0.25, -0.2) is 28.0 Å². The van der Waals surface area contributed by atoms with Gasteiger partial charge in [-0.15, -0.1) is 0 Å². The molecule has 2 aromatic carbocycles. The maximum absolute atomic E-state index is 13.6. The lowest BCUT2D eigenvalue weighted by molar-refractivity contribution is -0.159. The van der Waals surface area contributed by atoms with E-state index in [1.807, 2.05) is 0 Å².